The van der Waals surface area contributed by atoms with Crippen LogP contribution in [0.15, 0.2) is 23.1 Å². The Morgan fingerprint density at radius 1 is 1.30 bits per heavy atom. The Bertz CT molecular complexity index is 600. The van der Waals surface area contributed by atoms with E-state index in [2.05, 4.69) is 4.72 Å². The van der Waals surface area contributed by atoms with Crippen LogP contribution in [0.2, 0.25) is 5.02 Å². The molecule has 0 aliphatic rings. The SMILES string of the molecule is CC(C)(CN)NS(=O)(=O)c1ccc(C(F)(F)F)cc1Cl. The molecule has 3 N–H and O–H groups in total. The molecule has 0 aromatic heterocycles. The van der Waals surface area contributed by atoms with E-state index in [4.69, 9.17) is 17.3 Å². The highest BCUT2D eigenvalue weighted by molar-refractivity contribution is 7.89. The van der Waals surface area contributed by atoms with Crippen LogP contribution in [0, 0.1) is 0 Å². The summed E-state index contributed by atoms with van der Waals surface area (Å²) in [6.45, 7) is 3.11. The van der Waals surface area contributed by atoms with Gasteiger partial charge in [-0.05, 0) is 32.0 Å². The fourth-order valence-corrected chi connectivity index (χ4v) is 3.32. The molecule has 0 unspecified atom stereocenters. The van der Waals surface area contributed by atoms with Gasteiger partial charge in [-0.15, -0.1) is 0 Å². The second kappa shape index (κ2) is 5.51. The molecule has 0 saturated carbocycles. The summed E-state index contributed by atoms with van der Waals surface area (Å²) in [7, 11) is -4.05. The molecule has 9 heteroatoms. The van der Waals surface area contributed by atoms with Crippen molar-refractivity contribution in [2.75, 3.05) is 6.54 Å². The lowest BCUT2D eigenvalue weighted by molar-refractivity contribution is -0.137. The Hall–Kier alpha value is -0.830. The first-order valence-electron chi connectivity index (χ1n) is 5.50. The molecule has 0 atom stereocenters. The standard InChI is InChI=1S/C11H14ClF3N2O2S/c1-10(2,6-16)17-20(18,19)9-4-3-7(5-8(9)12)11(13,14)15/h3-5,17H,6,16H2,1-2H3. The maximum Gasteiger partial charge on any atom is 0.416 e. The van der Waals surface area contributed by atoms with Crippen molar-refractivity contribution in [3.63, 3.8) is 0 Å². The zero-order chi connectivity index (χ0) is 15.8. The number of rotatable bonds is 4. The normalized spacial score (nSPS) is 13.6. The van der Waals surface area contributed by atoms with Gasteiger partial charge in [-0.1, -0.05) is 11.6 Å². The van der Waals surface area contributed by atoms with Gasteiger partial charge in [-0.2, -0.15) is 13.2 Å². The van der Waals surface area contributed by atoms with Gasteiger partial charge in [0.05, 0.1) is 10.6 Å². The maximum absolute atomic E-state index is 12.5. The Balaban J connectivity index is 3.22. The molecule has 0 bridgehead atoms. The first kappa shape index (κ1) is 17.2. The van der Waals surface area contributed by atoms with Gasteiger partial charge in [0.1, 0.15) is 4.90 Å². The van der Waals surface area contributed by atoms with Gasteiger partial charge in [0.15, 0.2) is 0 Å². The quantitative estimate of drug-likeness (QED) is 0.890. The molecule has 0 saturated heterocycles. The minimum atomic E-state index is -4.59. The fraction of sp³-hybridized carbons (Fsp3) is 0.455. The molecule has 0 radical (unpaired) electrons. The van der Waals surface area contributed by atoms with Crippen LogP contribution in [0.25, 0.3) is 0 Å². The summed E-state index contributed by atoms with van der Waals surface area (Å²) in [5, 5.41) is -0.500. The smallest absolute Gasteiger partial charge is 0.329 e. The molecule has 0 amide bonds. The third kappa shape index (κ3) is 4.08. The highest BCUT2D eigenvalue weighted by Gasteiger charge is 2.33. The molecule has 114 valence electrons. The van der Waals surface area contributed by atoms with E-state index in [1.54, 1.807) is 13.8 Å². The van der Waals surface area contributed by atoms with E-state index in [0.717, 1.165) is 6.07 Å². The van der Waals surface area contributed by atoms with Crippen LogP contribution in [-0.4, -0.2) is 20.5 Å². The number of hydrogen-bond donors (Lipinski definition) is 2. The zero-order valence-electron chi connectivity index (χ0n) is 10.8. The number of nitrogens with two attached hydrogens (primary N) is 1. The molecule has 1 aromatic rings. The summed E-state index contributed by atoms with van der Waals surface area (Å²) < 4.78 is 63.8. The number of halogens is 4. The average molecular weight is 331 g/mol. The fourth-order valence-electron chi connectivity index (χ4n) is 1.36. The second-order valence-corrected chi connectivity index (χ2v) is 6.89. The Labute approximate surface area is 120 Å². The number of benzene rings is 1. The Morgan fingerprint density at radius 2 is 1.85 bits per heavy atom. The summed E-state index contributed by atoms with van der Waals surface area (Å²) in [6, 6.07) is 2.06. The third-order valence-corrected chi connectivity index (χ3v) is 4.65. The molecule has 1 rings (SSSR count). The lowest BCUT2D eigenvalue weighted by Crippen LogP contribution is -2.48. The third-order valence-electron chi connectivity index (χ3n) is 2.47. The largest absolute Gasteiger partial charge is 0.416 e. The topological polar surface area (TPSA) is 72.2 Å². The van der Waals surface area contributed by atoms with Gasteiger partial charge in [-0.25, -0.2) is 13.1 Å². The molecule has 0 spiro atoms. The van der Waals surface area contributed by atoms with Crippen LogP contribution < -0.4 is 10.5 Å². The monoisotopic (exact) mass is 330 g/mol. The van der Waals surface area contributed by atoms with Crippen molar-refractivity contribution >= 4 is 21.6 Å². The molecular formula is C11H14ClF3N2O2S. The second-order valence-electron chi connectivity index (χ2n) is 4.84. The number of alkyl halides is 3. The van der Waals surface area contributed by atoms with Crippen LogP contribution >= 0.6 is 11.6 Å². The number of sulfonamides is 1. The van der Waals surface area contributed by atoms with Crippen molar-refractivity contribution in [3.05, 3.63) is 28.8 Å². The first-order chi connectivity index (χ1) is 8.89. The lowest BCUT2D eigenvalue weighted by Gasteiger charge is -2.24. The predicted octanol–water partition coefficient (Wildman–Crippen LogP) is 2.37. The summed E-state index contributed by atoms with van der Waals surface area (Å²) in [5.74, 6) is 0. The molecule has 1 aromatic carbocycles. The van der Waals surface area contributed by atoms with Gasteiger partial charge >= 0.3 is 6.18 Å². The number of nitrogens with one attached hydrogen (secondary N) is 1. The van der Waals surface area contributed by atoms with Gasteiger partial charge < -0.3 is 5.73 Å². The van der Waals surface area contributed by atoms with Crippen LogP contribution in [0.5, 0.6) is 0 Å². The van der Waals surface area contributed by atoms with Crippen LogP contribution in [-0.2, 0) is 16.2 Å². The van der Waals surface area contributed by atoms with Gasteiger partial charge in [-0.3, -0.25) is 0 Å². The summed E-state index contributed by atoms with van der Waals surface area (Å²) in [4.78, 5) is -0.423. The highest BCUT2D eigenvalue weighted by atomic mass is 35.5. The first-order valence-corrected chi connectivity index (χ1v) is 7.36. The zero-order valence-corrected chi connectivity index (χ0v) is 12.3. The van der Waals surface area contributed by atoms with E-state index in [9.17, 15) is 21.6 Å². The van der Waals surface area contributed by atoms with Crippen molar-refractivity contribution in [2.24, 2.45) is 5.73 Å². The molecule has 20 heavy (non-hydrogen) atoms. The summed E-state index contributed by atoms with van der Waals surface area (Å²) in [5.41, 5.74) is 3.45. The molecule has 0 aliphatic carbocycles. The van der Waals surface area contributed by atoms with Gasteiger partial charge in [0.2, 0.25) is 10.0 Å². The van der Waals surface area contributed by atoms with Gasteiger partial charge in [0, 0.05) is 12.1 Å². The van der Waals surface area contributed by atoms with E-state index in [-0.39, 0.29) is 6.54 Å². The van der Waals surface area contributed by atoms with Crippen molar-refractivity contribution in [1.82, 2.24) is 4.72 Å². The van der Waals surface area contributed by atoms with Crippen molar-refractivity contribution < 1.29 is 21.6 Å². The van der Waals surface area contributed by atoms with Crippen LogP contribution in [0.4, 0.5) is 13.2 Å². The Morgan fingerprint density at radius 3 is 2.25 bits per heavy atom. The van der Waals surface area contributed by atoms with Gasteiger partial charge in [0.25, 0.3) is 0 Å². The molecule has 0 fully saturated rings. The van der Waals surface area contributed by atoms with Crippen molar-refractivity contribution in [1.29, 1.82) is 0 Å². The van der Waals surface area contributed by atoms with E-state index in [0.29, 0.717) is 12.1 Å². The minimum Gasteiger partial charge on any atom is -0.329 e. The summed E-state index contributed by atoms with van der Waals surface area (Å²) >= 11 is 5.64. The van der Waals surface area contributed by atoms with E-state index < -0.39 is 37.2 Å². The molecule has 0 aliphatic heterocycles. The summed E-state index contributed by atoms with van der Waals surface area (Å²) in [6.07, 6.45) is -4.59. The molecule has 0 heterocycles. The van der Waals surface area contributed by atoms with Crippen LogP contribution in [0.3, 0.4) is 0 Å². The van der Waals surface area contributed by atoms with E-state index in [1.807, 2.05) is 0 Å². The van der Waals surface area contributed by atoms with E-state index in [1.165, 1.54) is 0 Å². The predicted molar refractivity (Wildman–Crippen MR) is 69.9 cm³/mol. The Kier molecular flexibility index (Phi) is 4.75. The maximum atomic E-state index is 12.5. The van der Waals surface area contributed by atoms with E-state index >= 15 is 0 Å². The average Bonchev–Trinajstić information content (AvgIpc) is 2.26. The van der Waals surface area contributed by atoms with Crippen LogP contribution in [0.1, 0.15) is 19.4 Å². The lowest BCUT2D eigenvalue weighted by atomic mass is 10.1. The van der Waals surface area contributed by atoms with Crippen molar-refractivity contribution in [2.45, 2.75) is 30.5 Å². The highest BCUT2D eigenvalue weighted by Crippen LogP contribution is 2.33. The molecule has 4 nitrogen and oxygen atoms in total. The minimum absolute atomic E-state index is 0.0183. The number of hydrogen-bond acceptors (Lipinski definition) is 3. The molecular weight excluding hydrogens is 317 g/mol. The van der Waals surface area contributed by atoms with Crippen molar-refractivity contribution in [3.8, 4) is 0 Å².